The highest BCUT2D eigenvalue weighted by molar-refractivity contribution is 5.83. The first-order chi connectivity index (χ1) is 14.7. The molecule has 8 nitrogen and oxygen atoms in total. The Balaban J connectivity index is 3.59. The Bertz CT molecular complexity index is 631. The number of methoxy groups -OCH3 is 3. The van der Waals surface area contributed by atoms with E-state index in [1.54, 1.807) is 34.6 Å². The fourth-order valence-corrected chi connectivity index (χ4v) is 5.65. The molecule has 0 amide bonds. The number of aliphatic hydroxyl groups is 2. The number of hydrogen-bond acceptors (Lipinski definition) is 8. The van der Waals surface area contributed by atoms with Gasteiger partial charge in [-0.1, -0.05) is 27.7 Å². The molecule has 0 saturated carbocycles. The molecule has 1 saturated heterocycles. The highest BCUT2D eigenvalue weighted by atomic mass is 16.6. The molecule has 8 heteroatoms. The fourth-order valence-electron chi connectivity index (χ4n) is 5.65. The number of esters is 1. The quantitative estimate of drug-likeness (QED) is 0.615. The van der Waals surface area contributed by atoms with Crippen molar-refractivity contribution in [2.24, 2.45) is 23.7 Å². The Morgan fingerprint density at radius 1 is 0.938 bits per heavy atom. The molecule has 0 aromatic rings. The third kappa shape index (κ3) is 5.89. The number of carbonyl (C=O) groups excluding carboxylic acids is 2. The van der Waals surface area contributed by atoms with Gasteiger partial charge < -0.3 is 29.2 Å². The molecule has 188 valence electrons. The molecule has 2 N–H and O–H groups in total. The van der Waals surface area contributed by atoms with Crippen LogP contribution in [0.15, 0.2) is 0 Å². The summed E-state index contributed by atoms with van der Waals surface area (Å²) in [6, 6.07) is 0. The predicted octanol–water partition coefficient (Wildman–Crippen LogP) is 2.37. The van der Waals surface area contributed by atoms with E-state index in [9.17, 15) is 19.8 Å². The molecule has 0 aromatic carbocycles. The van der Waals surface area contributed by atoms with Crippen molar-refractivity contribution in [3.63, 3.8) is 0 Å². The van der Waals surface area contributed by atoms with E-state index >= 15 is 0 Å². The monoisotopic (exact) mass is 460 g/mol. The maximum absolute atomic E-state index is 13.3. The van der Waals surface area contributed by atoms with Crippen LogP contribution in [0.25, 0.3) is 0 Å². The van der Waals surface area contributed by atoms with Gasteiger partial charge in [-0.05, 0) is 33.6 Å². The summed E-state index contributed by atoms with van der Waals surface area (Å²) in [4.78, 5) is 26.4. The van der Waals surface area contributed by atoms with E-state index in [-0.39, 0.29) is 12.2 Å². The number of ketones is 1. The Kier molecular flexibility index (Phi) is 10.3. The molecule has 0 aromatic heterocycles. The normalized spacial score (nSPS) is 45.2. The summed E-state index contributed by atoms with van der Waals surface area (Å²) >= 11 is 0. The van der Waals surface area contributed by atoms with Gasteiger partial charge >= 0.3 is 5.97 Å². The van der Waals surface area contributed by atoms with Crippen LogP contribution >= 0.6 is 0 Å². The van der Waals surface area contributed by atoms with Crippen LogP contribution in [0, 0.1) is 23.7 Å². The first-order valence-corrected chi connectivity index (χ1v) is 11.5. The molecule has 10 atom stereocenters. The zero-order valence-electron chi connectivity index (χ0n) is 21.4. The van der Waals surface area contributed by atoms with Crippen molar-refractivity contribution in [2.45, 2.75) is 96.9 Å². The van der Waals surface area contributed by atoms with E-state index in [4.69, 9.17) is 18.9 Å². The third-order valence-electron chi connectivity index (χ3n) is 7.22. The van der Waals surface area contributed by atoms with Crippen LogP contribution in [0.4, 0.5) is 0 Å². The summed E-state index contributed by atoms with van der Waals surface area (Å²) < 4.78 is 22.6. The zero-order chi connectivity index (χ0) is 25.0. The lowest BCUT2D eigenvalue weighted by Gasteiger charge is -2.44. The molecule has 0 unspecified atom stereocenters. The van der Waals surface area contributed by atoms with Gasteiger partial charge in [-0.15, -0.1) is 0 Å². The zero-order valence-corrected chi connectivity index (χ0v) is 21.4. The highest BCUT2D eigenvalue weighted by Crippen LogP contribution is 2.36. The number of cyclic esters (lactones) is 1. The van der Waals surface area contributed by atoms with Gasteiger partial charge in [0.15, 0.2) is 0 Å². The van der Waals surface area contributed by atoms with Crippen LogP contribution in [0.3, 0.4) is 0 Å². The third-order valence-corrected chi connectivity index (χ3v) is 7.22. The summed E-state index contributed by atoms with van der Waals surface area (Å²) in [5, 5.41) is 22.7. The molecule has 0 aliphatic carbocycles. The van der Waals surface area contributed by atoms with E-state index in [0.717, 1.165) is 0 Å². The van der Waals surface area contributed by atoms with Gasteiger partial charge in [0.2, 0.25) is 0 Å². The van der Waals surface area contributed by atoms with Gasteiger partial charge in [0.1, 0.15) is 17.5 Å². The number of carbonyl (C=O) groups is 2. The molecular formula is C24H44O8. The van der Waals surface area contributed by atoms with Crippen LogP contribution in [0.5, 0.6) is 0 Å². The number of rotatable bonds is 4. The minimum absolute atomic E-state index is 0.143. The van der Waals surface area contributed by atoms with Crippen molar-refractivity contribution in [1.29, 1.82) is 0 Å². The second-order valence-electron chi connectivity index (χ2n) is 9.87. The van der Waals surface area contributed by atoms with E-state index in [0.29, 0.717) is 6.42 Å². The Labute approximate surface area is 192 Å². The number of ether oxygens (including phenoxy) is 4. The van der Waals surface area contributed by atoms with E-state index in [1.165, 1.54) is 28.3 Å². The Hall–Kier alpha value is -1.06. The number of hydrogen-bond donors (Lipinski definition) is 2. The Morgan fingerprint density at radius 2 is 1.47 bits per heavy atom. The molecule has 0 radical (unpaired) electrons. The van der Waals surface area contributed by atoms with Gasteiger partial charge in [0.05, 0.1) is 29.8 Å². The lowest BCUT2D eigenvalue weighted by atomic mass is 9.74. The fraction of sp³-hybridized carbons (Fsp3) is 0.917. The summed E-state index contributed by atoms with van der Waals surface area (Å²) in [6.45, 7) is 11.9. The maximum Gasteiger partial charge on any atom is 0.311 e. The molecule has 1 heterocycles. The SMILES string of the molecule is CC[C@H]1OC(=O)[C@H](C)[C@@H](OC)[C@H](C)[C@@H](OC)[C@](C)(O)C[C@@H](C)C(=O)[C@H](C)[C@@H](OC)[C@]1(C)O. The highest BCUT2D eigenvalue weighted by Gasteiger charge is 2.50. The summed E-state index contributed by atoms with van der Waals surface area (Å²) in [6.07, 6.45) is -2.63. The van der Waals surface area contributed by atoms with Gasteiger partial charge in [0, 0.05) is 39.1 Å². The van der Waals surface area contributed by atoms with Crippen LogP contribution in [0.1, 0.15) is 61.3 Å². The first-order valence-electron chi connectivity index (χ1n) is 11.5. The topological polar surface area (TPSA) is 112 Å². The lowest BCUT2D eigenvalue weighted by Crippen LogP contribution is -2.58. The first kappa shape index (κ1) is 29.0. The molecule has 32 heavy (non-hydrogen) atoms. The van der Waals surface area contributed by atoms with Crippen LogP contribution in [-0.2, 0) is 28.5 Å². The maximum atomic E-state index is 13.3. The summed E-state index contributed by atoms with van der Waals surface area (Å²) in [7, 11) is 4.42. The van der Waals surface area contributed by atoms with Crippen LogP contribution in [-0.4, -0.2) is 78.9 Å². The average Bonchev–Trinajstić information content (AvgIpc) is 2.70. The van der Waals surface area contributed by atoms with Crippen molar-refractivity contribution in [2.75, 3.05) is 21.3 Å². The second kappa shape index (κ2) is 11.4. The second-order valence-corrected chi connectivity index (χ2v) is 9.87. The lowest BCUT2D eigenvalue weighted by molar-refractivity contribution is -0.201. The van der Waals surface area contributed by atoms with Gasteiger partial charge in [-0.25, -0.2) is 0 Å². The van der Waals surface area contributed by atoms with E-state index in [1.807, 2.05) is 6.92 Å². The smallest absolute Gasteiger partial charge is 0.311 e. The molecule has 1 aliphatic heterocycles. The van der Waals surface area contributed by atoms with Crippen molar-refractivity contribution >= 4 is 11.8 Å². The summed E-state index contributed by atoms with van der Waals surface area (Å²) in [5.41, 5.74) is -2.98. The van der Waals surface area contributed by atoms with Crippen molar-refractivity contribution < 1.29 is 38.7 Å². The van der Waals surface area contributed by atoms with Crippen molar-refractivity contribution in [3.8, 4) is 0 Å². The molecular weight excluding hydrogens is 416 g/mol. The van der Waals surface area contributed by atoms with Crippen LogP contribution in [0.2, 0.25) is 0 Å². The average molecular weight is 461 g/mol. The summed E-state index contributed by atoms with van der Waals surface area (Å²) in [5.74, 6) is -2.99. The van der Waals surface area contributed by atoms with E-state index in [2.05, 4.69) is 0 Å². The van der Waals surface area contributed by atoms with Gasteiger partial charge in [-0.2, -0.15) is 0 Å². The Morgan fingerprint density at radius 3 is 1.91 bits per heavy atom. The molecule has 1 fully saturated rings. The predicted molar refractivity (Wildman–Crippen MR) is 120 cm³/mol. The standard InChI is InChI=1S/C24H44O8/c1-11-17-24(7,28)21(31-10)14(3)18(25)13(2)12-23(6,27)20(30-9)15(4)19(29-8)16(5)22(26)32-17/h13-17,19-21,27-28H,11-12H2,1-10H3/t13-,14+,15+,16-,17-,19+,20-,21-,23-,24-/m1/s1. The van der Waals surface area contributed by atoms with E-state index < -0.39 is 65.3 Å². The molecule has 0 spiro atoms. The molecule has 0 bridgehead atoms. The van der Waals surface area contributed by atoms with Gasteiger partial charge in [-0.3, -0.25) is 9.59 Å². The van der Waals surface area contributed by atoms with Gasteiger partial charge in [0.25, 0.3) is 0 Å². The van der Waals surface area contributed by atoms with Crippen LogP contribution < -0.4 is 0 Å². The molecule has 1 rings (SSSR count). The number of Topliss-reactive ketones (excluding diaryl/α,β-unsaturated/α-hetero) is 1. The minimum atomic E-state index is -1.61. The minimum Gasteiger partial charge on any atom is -0.459 e. The largest absolute Gasteiger partial charge is 0.459 e. The van der Waals surface area contributed by atoms with Crippen molar-refractivity contribution in [1.82, 2.24) is 0 Å². The molecule has 1 aliphatic rings. The van der Waals surface area contributed by atoms with Crippen molar-refractivity contribution in [3.05, 3.63) is 0 Å².